The fourth-order valence-corrected chi connectivity index (χ4v) is 5.66. The molecular weight excluding hydrogens is 552 g/mol. The largest absolute Gasteiger partial charge is 0.492 e. The molecule has 1 saturated carbocycles. The molecule has 0 spiro atoms. The average molecular weight is 591 g/mol. The molecule has 0 saturated heterocycles. The molecule has 1 aliphatic rings. The first-order chi connectivity index (χ1) is 21.5. The molecule has 0 bridgehead atoms. The standard InChI is InChI=1S/C37H38N2O5/c1-43-37(42)34(38-33-19-11-10-18-32(33)35(40)28-12-4-2-5-13-28)26-27-20-22-31(23-21-27)44-25-24-39(30-16-6-3-7-17-30)36(41)29-14-8-9-15-29/h2-7,10-13,16-23,29,34,38H,8-9,14-15,24-26H2,1H3/t34-/m0/s1. The van der Waals surface area contributed by atoms with Crippen molar-refractivity contribution in [2.75, 3.05) is 30.5 Å². The highest BCUT2D eigenvalue weighted by Crippen LogP contribution is 2.29. The number of carbonyl (C=O) groups is 3. The van der Waals surface area contributed by atoms with Crippen LogP contribution in [0.1, 0.15) is 47.2 Å². The summed E-state index contributed by atoms with van der Waals surface area (Å²) in [5.41, 5.74) is 3.40. The van der Waals surface area contributed by atoms with Crippen LogP contribution in [0.5, 0.6) is 5.75 Å². The van der Waals surface area contributed by atoms with E-state index in [9.17, 15) is 14.4 Å². The van der Waals surface area contributed by atoms with Gasteiger partial charge in [0.2, 0.25) is 5.91 Å². The number of ether oxygens (including phenoxy) is 2. The molecule has 1 fully saturated rings. The minimum Gasteiger partial charge on any atom is -0.492 e. The minimum atomic E-state index is -0.711. The second kappa shape index (κ2) is 15.0. The van der Waals surface area contributed by atoms with Gasteiger partial charge in [-0.15, -0.1) is 0 Å². The van der Waals surface area contributed by atoms with E-state index in [1.807, 2.05) is 83.8 Å². The summed E-state index contributed by atoms with van der Waals surface area (Å²) in [7, 11) is 1.35. The zero-order valence-corrected chi connectivity index (χ0v) is 25.0. The lowest BCUT2D eigenvalue weighted by Crippen LogP contribution is -2.38. The van der Waals surface area contributed by atoms with Crippen LogP contribution in [-0.4, -0.2) is 44.0 Å². The van der Waals surface area contributed by atoms with E-state index in [-0.39, 0.29) is 17.6 Å². The second-order valence-electron chi connectivity index (χ2n) is 11.0. The first-order valence-corrected chi connectivity index (χ1v) is 15.1. The Bertz CT molecular complexity index is 1530. The summed E-state index contributed by atoms with van der Waals surface area (Å²) in [6, 6.07) is 32.8. The Labute approximate surface area is 258 Å². The Kier molecular flexibility index (Phi) is 10.4. The van der Waals surface area contributed by atoms with Crippen molar-refractivity contribution in [3.8, 4) is 5.75 Å². The number of amides is 1. The molecule has 7 nitrogen and oxygen atoms in total. The number of hydrogen-bond donors (Lipinski definition) is 1. The van der Waals surface area contributed by atoms with E-state index < -0.39 is 12.0 Å². The number of methoxy groups -OCH3 is 1. The molecule has 0 heterocycles. The minimum absolute atomic E-state index is 0.0780. The third-order valence-corrected chi connectivity index (χ3v) is 8.01. The van der Waals surface area contributed by atoms with Crippen molar-refractivity contribution < 1.29 is 23.9 Å². The van der Waals surface area contributed by atoms with Gasteiger partial charge >= 0.3 is 5.97 Å². The number of carbonyl (C=O) groups excluding carboxylic acids is 3. The lowest BCUT2D eigenvalue weighted by atomic mass is 10.00. The van der Waals surface area contributed by atoms with Gasteiger partial charge in [0.1, 0.15) is 18.4 Å². The quantitative estimate of drug-likeness (QED) is 0.138. The molecule has 5 rings (SSSR count). The maximum atomic E-state index is 13.3. The van der Waals surface area contributed by atoms with Gasteiger partial charge in [0.15, 0.2) is 5.78 Å². The summed E-state index contributed by atoms with van der Waals surface area (Å²) in [5.74, 6) is 0.363. The molecule has 7 heteroatoms. The number of anilines is 2. The molecule has 0 radical (unpaired) electrons. The molecular formula is C37H38N2O5. The average Bonchev–Trinajstić information content (AvgIpc) is 3.63. The zero-order chi connectivity index (χ0) is 30.7. The van der Waals surface area contributed by atoms with Crippen molar-refractivity contribution in [1.82, 2.24) is 0 Å². The fraction of sp³-hybridized carbons (Fsp3) is 0.270. The molecule has 0 aromatic heterocycles. The number of benzene rings is 4. The Morgan fingerprint density at radius 2 is 1.45 bits per heavy atom. The van der Waals surface area contributed by atoms with Crippen LogP contribution >= 0.6 is 0 Å². The van der Waals surface area contributed by atoms with Crippen LogP contribution < -0.4 is 15.0 Å². The molecule has 0 unspecified atom stereocenters. The highest BCUT2D eigenvalue weighted by molar-refractivity contribution is 6.12. The SMILES string of the molecule is COC(=O)[C@H](Cc1ccc(OCCN(C(=O)C2CCCC2)c2ccccc2)cc1)Nc1ccccc1C(=O)c1ccccc1. The van der Waals surface area contributed by atoms with Crippen molar-refractivity contribution >= 4 is 29.0 Å². The van der Waals surface area contributed by atoms with Crippen molar-refractivity contribution in [3.63, 3.8) is 0 Å². The van der Waals surface area contributed by atoms with Crippen molar-refractivity contribution in [2.24, 2.45) is 5.92 Å². The molecule has 44 heavy (non-hydrogen) atoms. The van der Waals surface area contributed by atoms with E-state index in [2.05, 4.69) is 5.32 Å². The topological polar surface area (TPSA) is 84.9 Å². The first-order valence-electron chi connectivity index (χ1n) is 15.1. The summed E-state index contributed by atoms with van der Waals surface area (Å²) in [6.45, 7) is 0.807. The molecule has 0 aliphatic heterocycles. The van der Waals surface area contributed by atoms with Crippen LogP contribution in [0.25, 0.3) is 0 Å². The zero-order valence-electron chi connectivity index (χ0n) is 25.0. The fourth-order valence-electron chi connectivity index (χ4n) is 5.66. The van der Waals surface area contributed by atoms with Crippen LogP contribution in [0.2, 0.25) is 0 Å². The van der Waals surface area contributed by atoms with Gasteiger partial charge in [-0.05, 0) is 54.8 Å². The summed E-state index contributed by atoms with van der Waals surface area (Å²) < 4.78 is 11.1. The van der Waals surface area contributed by atoms with Gasteiger partial charge in [-0.1, -0.05) is 85.6 Å². The first kappa shape index (κ1) is 30.5. The van der Waals surface area contributed by atoms with Gasteiger partial charge in [0, 0.05) is 34.8 Å². The van der Waals surface area contributed by atoms with Gasteiger partial charge in [-0.25, -0.2) is 4.79 Å². The predicted molar refractivity (Wildman–Crippen MR) is 172 cm³/mol. The number of hydrogen-bond acceptors (Lipinski definition) is 6. The van der Waals surface area contributed by atoms with Gasteiger partial charge in [-0.2, -0.15) is 0 Å². The van der Waals surface area contributed by atoms with E-state index in [1.54, 1.807) is 30.3 Å². The third kappa shape index (κ3) is 7.72. The predicted octanol–water partition coefficient (Wildman–Crippen LogP) is 6.72. The maximum Gasteiger partial charge on any atom is 0.328 e. The van der Waals surface area contributed by atoms with E-state index in [4.69, 9.17) is 9.47 Å². The third-order valence-electron chi connectivity index (χ3n) is 8.01. The van der Waals surface area contributed by atoms with Gasteiger partial charge < -0.3 is 19.7 Å². The Morgan fingerprint density at radius 3 is 2.14 bits per heavy atom. The van der Waals surface area contributed by atoms with Crippen LogP contribution in [0, 0.1) is 5.92 Å². The van der Waals surface area contributed by atoms with E-state index >= 15 is 0 Å². The number of rotatable bonds is 13. The monoisotopic (exact) mass is 590 g/mol. The van der Waals surface area contributed by atoms with Crippen LogP contribution in [0.4, 0.5) is 11.4 Å². The number of nitrogens with zero attached hydrogens (tertiary/aromatic N) is 1. The number of para-hydroxylation sites is 2. The molecule has 226 valence electrons. The van der Waals surface area contributed by atoms with Crippen molar-refractivity contribution in [1.29, 1.82) is 0 Å². The van der Waals surface area contributed by atoms with E-state index in [0.717, 1.165) is 36.9 Å². The number of esters is 1. The van der Waals surface area contributed by atoms with Gasteiger partial charge in [-0.3, -0.25) is 9.59 Å². The van der Waals surface area contributed by atoms with E-state index in [1.165, 1.54) is 7.11 Å². The Hall–Kier alpha value is -4.91. The molecule has 4 aromatic rings. The second-order valence-corrected chi connectivity index (χ2v) is 11.0. The number of nitrogens with one attached hydrogen (secondary N) is 1. The Balaban J connectivity index is 1.22. The lowest BCUT2D eigenvalue weighted by molar-refractivity contribution is -0.141. The van der Waals surface area contributed by atoms with Crippen LogP contribution in [-0.2, 0) is 20.7 Å². The van der Waals surface area contributed by atoms with Gasteiger partial charge in [0.25, 0.3) is 0 Å². The van der Waals surface area contributed by atoms with Crippen LogP contribution in [0.15, 0.2) is 109 Å². The normalized spacial score (nSPS) is 13.6. The molecule has 1 atom stereocenters. The summed E-state index contributed by atoms with van der Waals surface area (Å²) in [4.78, 5) is 41.1. The Morgan fingerprint density at radius 1 is 0.818 bits per heavy atom. The van der Waals surface area contributed by atoms with Crippen molar-refractivity contribution in [3.05, 3.63) is 126 Å². The van der Waals surface area contributed by atoms with Crippen LogP contribution in [0.3, 0.4) is 0 Å². The van der Waals surface area contributed by atoms with Gasteiger partial charge in [0.05, 0.1) is 13.7 Å². The molecule has 1 N–H and O–H groups in total. The molecule has 4 aromatic carbocycles. The highest BCUT2D eigenvalue weighted by Gasteiger charge is 2.28. The smallest absolute Gasteiger partial charge is 0.328 e. The lowest BCUT2D eigenvalue weighted by Gasteiger charge is -2.26. The van der Waals surface area contributed by atoms with E-state index in [0.29, 0.717) is 42.1 Å². The van der Waals surface area contributed by atoms with Crippen molar-refractivity contribution in [2.45, 2.75) is 38.1 Å². The molecule has 1 aliphatic carbocycles. The number of ketones is 1. The summed E-state index contributed by atoms with van der Waals surface area (Å²) >= 11 is 0. The highest BCUT2D eigenvalue weighted by atomic mass is 16.5. The molecule has 1 amide bonds. The summed E-state index contributed by atoms with van der Waals surface area (Å²) in [6.07, 6.45) is 4.44. The maximum absolute atomic E-state index is 13.3. The summed E-state index contributed by atoms with van der Waals surface area (Å²) in [5, 5.41) is 3.24.